The van der Waals surface area contributed by atoms with Crippen molar-refractivity contribution in [1.82, 2.24) is 10.6 Å². The number of carbonyl (C=O) groups is 3. The molecule has 120 valence electrons. The summed E-state index contributed by atoms with van der Waals surface area (Å²) >= 11 is 0. The topological polar surface area (TPSA) is 95.5 Å². The van der Waals surface area contributed by atoms with Crippen molar-refractivity contribution in [2.75, 3.05) is 6.54 Å². The molecule has 6 heteroatoms. The molecule has 3 amide bonds. The number of hydrogen-bond acceptors (Lipinski definition) is 3. The molecule has 2 atom stereocenters. The van der Waals surface area contributed by atoms with Crippen molar-refractivity contribution in [3.63, 3.8) is 0 Å². The lowest BCUT2D eigenvalue weighted by Crippen LogP contribution is -2.42. The monoisotopic (exact) mass is 298 g/mol. The molecular formula is C15H26N2O4. The molecule has 1 rings (SSSR count). The second-order valence-corrected chi connectivity index (χ2v) is 5.88. The van der Waals surface area contributed by atoms with Gasteiger partial charge in [0, 0.05) is 19.4 Å². The van der Waals surface area contributed by atoms with E-state index in [0.29, 0.717) is 31.2 Å². The molecule has 1 fully saturated rings. The third kappa shape index (κ3) is 7.68. The largest absolute Gasteiger partial charge is 0.481 e. The highest BCUT2D eigenvalue weighted by Gasteiger charge is 2.21. The van der Waals surface area contributed by atoms with Gasteiger partial charge in [-0.3, -0.25) is 14.9 Å². The Morgan fingerprint density at radius 2 is 1.76 bits per heavy atom. The summed E-state index contributed by atoms with van der Waals surface area (Å²) in [6.07, 6.45) is 5.97. The van der Waals surface area contributed by atoms with Gasteiger partial charge in [0.05, 0.1) is 0 Å². The molecule has 21 heavy (non-hydrogen) atoms. The van der Waals surface area contributed by atoms with E-state index in [1.165, 1.54) is 19.3 Å². The zero-order valence-electron chi connectivity index (χ0n) is 12.7. The molecule has 0 heterocycles. The van der Waals surface area contributed by atoms with Crippen molar-refractivity contribution in [2.45, 2.75) is 58.3 Å². The minimum Gasteiger partial charge on any atom is -0.481 e. The van der Waals surface area contributed by atoms with Crippen LogP contribution >= 0.6 is 0 Å². The minimum atomic E-state index is -0.866. The first-order valence-electron chi connectivity index (χ1n) is 7.78. The first-order valence-corrected chi connectivity index (χ1v) is 7.78. The number of imide groups is 1. The second kappa shape index (κ2) is 9.37. The number of unbranched alkanes of at least 4 members (excludes halogenated alkanes) is 1. The van der Waals surface area contributed by atoms with Crippen molar-refractivity contribution in [2.24, 2.45) is 11.8 Å². The molecule has 0 aromatic heterocycles. The van der Waals surface area contributed by atoms with Gasteiger partial charge in [0.2, 0.25) is 5.91 Å². The maximum absolute atomic E-state index is 11.6. The number of hydrogen-bond donors (Lipinski definition) is 3. The lowest BCUT2D eigenvalue weighted by atomic mass is 9.80. The van der Waals surface area contributed by atoms with Crippen LogP contribution in [-0.2, 0) is 9.59 Å². The van der Waals surface area contributed by atoms with Crippen LogP contribution in [0.2, 0.25) is 0 Å². The molecule has 1 aliphatic carbocycles. The van der Waals surface area contributed by atoms with Crippen LogP contribution in [0.1, 0.15) is 58.3 Å². The highest BCUT2D eigenvalue weighted by atomic mass is 16.4. The molecular weight excluding hydrogens is 272 g/mol. The predicted molar refractivity (Wildman–Crippen MR) is 78.8 cm³/mol. The molecule has 0 radical (unpaired) electrons. The van der Waals surface area contributed by atoms with E-state index in [0.717, 1.165) is 6.42 Å². The van der Waals surface area contributed by atoms with Gasteiger partial charge in [-0.25, -0.2) is 4.79 Å². The number of rotatable bonds is 7. The van der Waals surface area contributed by atoms with Crippen molar-refractivity contribution in [1.29, 1.82) is 0 Å². The number of aliphatic carboxylic acids is 1. The number of carboxylic acids is 1. The van der Waals surface area contributed by atoms with Crippen LogP contribution in [0, 0.1) is 11.8 Å². The molecule has 2 unspecified atom stereocenters. The summed E-state index contributed by atoms with van der Waals surface area (Å²) in [6.45, 7) is 2.82. The van der Waals surface area contributed by atoms with Crippen LogP contribution in [-0.4, -0.2) is 29.6 Å². The lowest BCUT2D eigenvalue weighted by Gasteiger charge is -2.28. The fraction of sp³-hybridized carbons (Fsp3) is 0.800. The van der Waals surface area contributed by atoms with Crippen LogP contribution in [0.15, 0.2) is 0 Å². The van der Waals surface area contributed by atoms with Crippen molar-refractivity contribution >= 4 is 17.9 Å². The SMILES string of the molecule is CC1CCCCC1CNC(=O)NC(=O)CCCCC(=O)O. The standard InChI is InChI=1S/C15H26N2O4/c1-11-6-2-3-7-12(11)10-16-15(21)17-13(18)8-4-5-9-14(19)20/h11-12H,2-10H2,1H3,(H,19,20)(H2,16,17,18,21). The highest BCUT2D eigenvalue weighted by Crippen LogP contribution is 2.28. The van der Waals surface area contributed by atoms with Crippen LogP contribution in [0.25, 0.3) is 0 Å². The fourth-order valence-corrected chi connectivity index (χ4v) is 2.72. The number of urea groups is 1. The number of amides is 3. The van der Waals surface area contributed by atoms with E-state index in [1.807, 2.05) is 0 Å². The molecule has 3 N–H and O–H groups in total. The number of nitrogens with one attached hydrogen (secondary N) is 2. The Balaban J connectivity index is 2.12. The van der Waals surface area contributed by atoms with E-state index >= 15 is 0 Å². The second-order valence-electron chi connectivity index (χ2n) is 5.88. The third-order valence-electron chi connectivity index (χ3n) is 4.11. The average Bonchev–Trinajstić information content (AvgIpc) is 2.42. The Morgan fingerprint density at radius 3 is 2.43 bits per heavy atom. The van der Waals surface area contributed by atoms with Gasteiger partial charge in [-0.05, 0) is 31.1 Å². The summed E-state index contributed by atoms with van der Waals surface area (Å²) < 4.78 is 0. The van der Waals surface area contributed by atoms with Gasteiger partial charge in [0.25, 0.3) is 0 Å². The van der Waals surface area contributed by atoms with Gasteiger partial charge in [0.15, 0.2) is 0 Å². The van der Waals surface area contributed by atoms with E-state index in [-0.39, 0.29) is 18.7 Å². The van der Waals surface area contributed by atoms with Crippen molar-refractivity contribution in [3.05, 3.63) is 0 Å². The summed E-state index contributed by atoms with van der Waals surface area (Å²) in [5.74, 6) is -0.106. The molecule has 0 aromatic rings. The zero-order chi connectivity index (χ0) is 15.7. The van der Waals surface area contributed by atoms with Gasteiger partial charge in [-0.15, -0.1) is 0 Å². The van der Waals surface area contributed by atoms with Crippen LogP contribution < -0.4 is 10.6 Å². The zero-order valence-corrected chi connectivity index (χ0v) is 12.7. The maximum Gasteiger partial charge on any atom is 0.321 e. The first-order chi connectivity index (χ1) is 9.99. The maximum atomic E-state index is 11.6. The van der Waals surface area contributed by atoms with Gasteiger partial charge < -0.3 is 10.4 Å². The third-order valence-corrected chi connectivity index (χ3v) is 4.11. The molecule has 6 nitrogen and oxygen atoms in total. The fourth-order valence-electron chi connectivity index (χ4n) is 2.72. The minimum absolute atomic E-state index is 0.0546. The highest BCUT2D eigenvalue weighted by molar-refractivity contribution is 5.94. The molecule has 0 aromatic carbocycles. The van der Waals surface area contributed by atoms with Crippen LogP contribution in [0.3, 0.4) is 0 Å². The Morgan fingerprint density at radius 1 is 1.10 bits per heavy atom. The molecule has 0 bridgehead atoms. The van der Waals surface area contributed by atoms with Crippen molar-refractivity contribution < 1.29 is 19.5 Å². The molecule has 0 spiro atoms. The molecule has 0 saturated heterocycles. The van der Waals surface area contributed by atoms with E-state index < -0.39 is 12.0 Å². The predicted octanol–water partition coefficient (Wildman–Crippen LogP) is 2.28. The summed E-state index contributed by atoms with van der Waals surface area (Å²) in [5, 5.41) is 13.5. The average molecular weight is 298 g/mol. The Labute approximate surface area is 125 Å². The number of carboxylic acid groups (broad SMARTS) is 1. The quantitative estimate of drug-likeness (QED) is 0.628. The molecule has 0 aliphatic heterocycles. The summed E-state index contributed by atoms with van der Waals surface area (Å²) in [5.41, 5.74) is 0. The number of carbonyl (C=O) groups excluding carboxylic acids is 2. The Bertz CT molecular complexity index is 371. The first kappa shape index (κ1) is 17.5. The van der Waals surface area contributed by atoms with E-state index in [2.05, 4.69) is 17.6 Å². The normalized spacial score (nSPS) is 21.6. The van der Waals surface area contributed by atoms with E-state index in [9.17, 15) is 14.4 Å². The summed E-state index contributed by atoms with van der Waals surface area (Å²) in [7, 11) is 0. The van der Waals surface area contributed by atoms with Gasteiger partial charge in [-0.1, -0.05) is 26.2 Å². The Hall–Kier alpha value is -1.59. The van der Waals surface area contributed by atoms with Gasteiger partial charge in [-0.2, -0.15) is 0 Å². The van der Waals surface area contributed by atoms with E-state index in [1.54, 1.807) is 0 Å². The molecule has 1 aliphatic rings. The van der Waals surface area contributed by atoms with Gasteiger partial charge in [0.1, 0.15) is 0 Å². The lowest BCUT2D eigenvalue weighted by molar-refractivity contribution is -0.137. The summed E-state index contributed by atoms with van der Waals surface area (Å²) in [4.78, 5) is 33.4. The summed E-state index contributed by atoms with van der Waals surface area (Å²) in [6, 6.07) is -0.448. The van der Waals surface area contributed by atoms with Crippen LogP contribution in [0.5, 0.6) is 0 Å². The molecule has 1 saturated carbocycles. The van der Waals surface area contributed by atoms with E-state index in [4.69, 9.17) is 5.11 Å². The smallest absolute Gasteiger partial charge is 0.321 e. The van der Waals surface area contributed by atoms with Gasteiger partial charge >= 0.3 is 12.0 Å². The van der Waals surface area contributed by atoms with Crippen molar-refractivity contribution in [3.8, 4) is 0 Å². The Kier molecular flexibility index (Phi) is 7.79. The van der Waals surface area contributed by atoms with Crippen LogP contribution in [0.4, 0.5) is 4.79 Å².